The maximum atomic E-state index is 12.1. The first kappa shape index (κ1) is 21.9. The van der Waals surface area contributed by atoms with Gasteiger partial charge in [0.25, 0.3) is 5.91 Å². The van der Waals surface area contributed by atoms with Crippen LogP contribution in [0.4, 0.5) is 5.69 Å². The first-order chi connectivity index (χ1) is 15.2. The number of amides is 1. The van der Waals surface area contributed by atoms with Crippen molar-refractivity contribution >= 4 is 41.3 Å². The Morgan fingerprint density at radius 3 is 2.61 bits per heavy atom. The van der Waals surface area contributed by atoms with Crippen molar-refractivity contribution in [1.82, 2.24) is 5.43 Å². The highest BCUT2D eigenvalue weighted by Crippen LogP contribution is 2.45. The summed E-state index contributed by atoms with van der Waals surface area (Å²) in [6.07, 6.45) is 4.04. The summed E-state index contributed by atoms with van der Waals surface area (Å²) in [4.78, 5) is 14.4. The van der Waals surface area contributed by atoms with E-state index >= 15 is 0 Å². The Hall–Kier alpha value is -2.32. The van der Waals surface area contributed by atoms with Gasteiger partial charge in [-0.25, -0.2) is 5.43 Å². The Morgan fingerprint density at radius 2 is 1.90 bits per heavy atom. The first-order valence-corrected chi connectivity index (χ1v) is 12.5. The van der Waals surface area contributed by atoms with Crippen LogP contribution in [0.5, 0.6) is 11.5 Å². The van der Waals surface area contributed by atoms with Crippen molar-refractivity contribution in [3.8, 4) is 11.5 Å². The second-order valence-electron chi connectivity index (χ2n) is 7.34. The van der Waals surface area contributed by atoms with Crippen LogP contribution >= 0.6 is 23.5 Å². The normalized spacial score (nSPS) is 16.7. The number of nitrogens with zero attached hydrogens (tertiary/aromatic N) is 2. The number of methoxy groups -OCH3 is 1. The molecule has 0 spiro atoms. The molecular formula is C23H27N3O3S2. The van der Waals surface area contributed by atoms with Crippen molar-refractivity contribution in [3.63, 3.8) is 0 Å². The van der Waals surface area contributed by atoms with E-state index in [9.17, 15) is 4.79 Å². The minimum absolute atomic E-state index is 0.0886. The van der Waals surface area contributed by atoms with Crippen molar-refractivity contribution in [2.24, 2.45) is 5.10 Å². The number of thioether (sulfide) groups is 2. The van der Waals surface area contributed by atoms with Crippen molar-refractivity contribution in [1.29, 1.82) is 0 Å². The number of benzene rings is 2. The molecule has 2 fully saturated rings. The standard InChI is InChI=1S/C23H27N3O3S2/c1-28-21-14-19(26-10-2-3-11-26)7-4-18(21)15-24-25-22(27)16-29-20-8-5-17(6-9-20)23-30-12-13-31-23/h4-9,14-15,23H,2-3,10-13,16H2,1H3,(H,25,27)/b24-15-. The number of carbonyl (C=O) groups excluding carboxylic acids is 1. The lowest BCUT2D eigenvalue weighted by molar-refractivity contribution is -0.123. The number of hydrogen-bond donors (Lipinski definition) is 1. The fourth-order valence-corrected chi connectivity index (χ4v) is 6.46. The number of hydrogen-bond acceptors (Lipinski definition) is 7. The SMILES string of the molecule is COc1cc(N2CCCC2)ccc1/C=N\NC(=O)COc1ccc(C2SCCS2)cc1. The van der Waals surface area contributed by atoms with Gasteiger partial charge in [0.15, 0.2) is 6.61 Å². The van der Waals surface area contributed by atoms with E-state index in [1.54, 1.807) is 13.3 Å². The topological polar surface area (TPSA) is 63.2 Å². The van der Waals surface area contributed by atoms with E-state index in [2.05, 4.69) is 33.6 Å². The molecule has 0 atom stereocenters. The number of carbonyl (C=O) groups is 1. The van der Waals surface area contributed by atoms with Crippen LogP contribution in [0.25, 0.3) is 0 Å². The van der Waals surface area contributed by atoms with Gasteiger partial charge in [-0.2, -0.15) is 5.10 Å². The summed E-state index contributed by atoms with van der Waals surface area (Å²) in [6, 6.07) is 14.0. The summed E-state index contributed by atoms with van der Waals surface area (Å²) in [6.45, 7) is 2.07. The van der Waals surface area contributed by atoms with E-state index in [4.69, 9.17) is 9.47 Å². The third kappa shape index (κ3) is 5.89. The van der Waals surface area contributed by atoms with Crippen LogP contribution in [0.1, 0.15) is 28.6 Å². The van der Waals surface area contributed by atoms with Gasteiger partial charge in [-0.05, 0) is 42.7 Å². The molecule has 4 rings (SSSR count). The second-order valence-corrected chi connectivity index (χ2v) is 10.1. The van der Waals surface area contributed by atoms with Gasteiger partial charge in [-0.3, -0.25) is 4.79 Å². The highest BCUT2D eigenvalue weighted by molar-refractivity contribution is 8.19. The predicted octanol–water partition coefficient (Wildman–Crippen LogP) is 4.30. The Balaban J connectivity index is 1.26. The Kier molecular flexibility index (Phi) is 7.64. The molecule has 2 aromatic rings. The van der Waals surface area contributed by atoms with E-state index in [1.807, 2.05) is 47.8 Å². The van der Waals surface area contributed by atoms with Gasteiger partial charge in [0.1, 0.15) is 11.5 Å². The monoisotopic (exact) mass is 457 g/mol. The van der Waals surface area contributed by atoms with Crippen LogP contribution in [0.15, 0.2) is 47.6 Å². The number of anilines is 1. The molecule has 0 radical (unpaired) electrons. The molecule has 2 saturated heterocycles. The lowest BCUT2D eigenvalue weighted by Gasteiger charge is -2.18. The molecule has 0 saturated carbocycles. The Morgan fingerprint density at radius 1 is 1.16 bits per heavy atom. The number of nitrogens with one attached hydrogen (secondary N) is 1. The zero-order chi connectivity index (χ0) is 21.5. The summed E-state index contributed by atoms with van der Waals surface area (Å²) in [7, 11) is 1.64. The van der Waals surface area contributed by atoms with Gasteiger partial charge < -0.3 is 14.4 Å². The van der Waals surface area contributed by atoms with Gasteiger partial charge in [0, 0.05) is 41.9 Å². The molecule has 31 heavy (non-hydrogen) atoms. The van der Waals surface area contributed by atoms with E-state index in [0.717, 1.165) is 30.1 Å². The molecule has 6 nitrogen and oxygen atoms in total. The van der Waals surface area contributed by atoms with E-state index < -0.39 is 0 Å². The number of rotatable bonds is 8. The maximum Gasteiger partial charge on any atom is 0.277 e. The zero-order valence-corrected chi connectivity index (χ0v) is 19.2. The zero-order valence-electron chi connectivity index (χ0n) is 17.6. The third-order valence-electron chi connectivity index (χ3n) is 5.23. The fraction of sp³-hybridized carbons (Fsp3) is 0.391. The van der Waals surface area contributed by atoms with Crippen LogP contribution in [0, 0.1) is 0 Å². The molecule has 0 bridgehead atoms. The molecule has 8 heteroatoms. The summed E-state index contributed by atoms with van der Waals surface area (Å²) in [5.41, 5.74) is 5.76. The predicted molar refractivity (Wildman–Crippen MR) is 130 cm³/mol. The molecule has 2 heterocycles. The maximum absolute atomic E-state index is 12.1. The van der Waals surface area contributed by atoms with Gasteiger partial charge in [-0.1, -0.05) is 12.1 Å². The van der Waals surface area contributed by atoms with E-state index in [-0.39, 0.29) is 12.5 Å². The van der Waals surface area contributed by atoms with Gasteiger partial charge >= 0.3 is 0 Å². The molecule has 164 valence electrons. The summed E-state index contributed by atoms with van der Waals surface area (Å²) in [5.74, 6) is 3.49. The summed E-state index contributed by atoms with van der Waals surface area (Å²) >= 11 is 3.93. The molecule has 0 aliphatic carbocycles. The highest BCUT2D eigenvalue weighted by Gasteiger charge is 2.18. The summed E-state index contributed by atoms with van der Waals surface area (Å²) in [5, 5.41) is 4.05. The minimum Gasteiger partial charge on any atom is -0.496 e. The van der Waals surface area contributed by atoms with Crippen LogP contribution in [-0.2, 0) is 4.79 Å². The highest BCUT2D eigenvalue weighted by atomic mass is 32.2. The van der Waals surface area contributed by atoms with Gasteiger partial charge in [-0.15, -0.1) is 23.5 Å². The van der Waals surface area contributed by atoms with Gasteiger partial charge in [0.2, 0.25) is 0 Å². The van der Waals surface area contributed by atoms with Crippen molar-refractivity contribution in [3.05, 3.63) is 53.6 Å². The lowest BCUT2D eigenvalue weighted by atomic mass is 10.2. The number of hydrazone groups is 1. The molecule has 2 aromatic carbocycles. The average molecular weight is 458 g/mol. The van der Waals surface area contributed by atoms with Crippen molar-refractivity contribution in [2.75, 3.05) is 43.2 Å². The average Bonchev–Trinajstić information content (AvgIpc) is 3.53. The second kappa shape index (κ2) is 10.8. The quantitative estimate of drug-likeness (QED) is 0.471. The molecule has 2 aliphatic heterocycles. The molecule has 1 N–H and O–H groups in total. The third-order valence-corrected chi connectivity index (χ3v) is 8.33. The first-order valence-electron chi connectivity index (χ1n) is 10.4. The molecule has 1 amide bonds. The molecule has 0 unspecified atom stereocenters. The largest absolute Gasteiger partial charge is 0.496 e. The van der Waals surface area contributed by atoms with Crippen LogP contribution < -0.4 is 19.8 Å². The molecular weight excluding hydrogens is 430 g/mol. The van der Waals surface area contributed by atoms with Crippen LogP contribution in [0.2, 0.25) is 0 Å². The Labute approximate surface area is 191 Å². The lowest BCUT2D eigenvalue weighted by Crippen LogP contribution is -2.24. The number of ether oxygens (including phenoxy) is 2. The van der Waals surface area contributed by atoms with Crippen LogP contribution in [0.3, 0.4) is 0 Å². The fourth-order valence-electron chi connectivity index (χ4n) is 3.61. The van der Waals surface area contributed by atoms with Crippen molar-refractivity contribution in [2.45, 2.75) is 17.4 Å². The van der Waals surface area contributed by atoms with Crippen molar-refractivity contribution < 1.29 is 14.3 Å². The minimum atomic E-state index is -0.310. The van der Waals surface area contributed by atoms with E-state index in [0.29, 0.717) is 10.3 Å². The van der Waals surface area contributed by atoms with Crippen LogP contribution in [-0.4, -0.2) is 50.4 Å². The smallest absolute Gasteiger partial charge is 0.277 e. The molecule has 2 aliphatic rings. The Bertz CT molecular complexity index is 909. The molecule has 0 aromatic heterocycles. The summed E-state index contributed by atoms with van der Waals surface area (Å²) < 4.78 is 11.6. The van der Waals surface area contributed by atoms with Gasteiger partial charge in [0.05, 0.1) is 17.9 Å². The van der Waals surface area contributed by atoms with E-state index in [1.165, 1.54) is 29.9 Å².